The average molecular weight is 232 g/mol. The van der Waals surface area contributed by atoms with Crippen LogP contribution in [0, 0.1) is 6.92 Å². The second kappa shape index (κ2) is 5.23. The number of hydrogen-bond acceptors (Lipinski definition) is 3. The molecule has 0 aromatic carbocycles. The Morgan fingerprint density at radius 3 is 2.88 bits per heavy atom. The molecule has 0 fully saturated rings. The second-order valence-corrected chi connectivity index (χ2v) is 4.75. The van der Waals surface area contributed by atoms with E-state index in [1.165, 1.54) is 11.1 Å². The zero-order chi connectivity index (χ0) is 11.4. The third-order valence-electron chi connectivity index (χ3n) is 2.63. The summed E-state index contributed by atoms with van der Waals surface area (Å²) in [6.07, 6.45) is 1.93. The van der Waals surface area contributed by atoms with Crippen LogP contribution in [0.3, 0.4) is 0 Å². The first-order chi connectivity index (χ1) is 7.75. The molecule has 0 saturated heterocycles. The van der Waals surface area contributed by atoms with Crippen LogP contribution in [0.25, 0.3) is 0 Å². The van der Waals surface area contributed by atoms with Gasteiger partial charge in [0.25, 0.3) is 0 Å². The third-order valence-corrected chi connectivity index (χ3v) is 3.33. The van der Waals surface area contributed by atoms with Crippen LogP contribution < -0.4 is 5.32 Å². The van der Waals surface area contributed by atoms with Crippen molar-refractivity contribution in [3.05, 3.63) is 52.0 Å². The average Bonchev–Trinajstić information content (AvgIpc) is 2.81. The zero-order valence-electron chi connectivity index (χ0n) is 9.60. The molecule has 2 rings (SSSR count). The summed E-state index contributed by atoms with van der Waals surface area (Å²) in [4.78, 5) is 4.28. The molecule has 0 aliphatic carbocycles. The highest BCUT2D eigenvalue weighted by Gasteiger charge is 2.04. The van der Waals surface area contributed by atoms with Crippen molar-refractivity contribution in [1.29, 1.82) is 0 Å². The maximum absolute atomic E-state index is 4.28. The maximum Gasteiger partial charge on any atom is 0.0372 e. The summed E-state index contributed by atoms with van der Waals surface area (Å²) >= 11 is 1.74. The quantitative estimate of drug-likeness (QED) is 0.875. The van der Waals surface area contributed by atoms with Gasteiger partial charge in [0, 0.05) is 24.5 Å². The lowest BCUT2D eigenvalue weighted by Gasteiger charge is -2.12. The van der Waals surface area contributed by atoms with Gasteiger partial charge in [-0.2, -0.15) is 11.3 Å². The van der Waals surface area contributed by atoms with E-state index < -0.39 is 0 Å². The Kier molecular flexibility index (Phi) is 3.70. The lowest BCUT2D eigenvalue weighted by molar-refractivity contribution is 0.575. The highest BCUT2D eigenvalue weighted by molar-refractivity contribution is 7.07. The molecule has 3 heteroatoms. The van der Waals surface area contributed by atoms with Gasteiger partial charge < -0.3 is 5.32 Å². The molecule has 2 nitrogen and oxygen atoms in total. The van der Waals surface area contributed by atoms with E-state index in [0.717, 1.165) is 12.2 Å². The number of aromatic nitrogens is 1. The van der Waals surface area contributed by atoms with E-state index in [-0.39, 0.29) is 0 Å². The van der Waals surface area contributed by atoms with Gasteiger partial charge in [0.1, 0.15) is 0 Å². The van der Waals surface area contributed by atoms with E-state index in [4.69, 9.17) is 0 Å². The Bertz CT molecular complexity index is 420. The van der Waals surface area contributed by atoms with Crippen LogP contribution in [-0.2, 0) is 6.54 Å². The fourth-order valence-electron chi connectivity index (χ4n) is 1.51. The van der Waals surface area contributed by atoms with Gasteiger partial charge in [0.15, 0.2) is 0 Å². The Labute approximate surface area is 100 Å². The van der Waals surface area contributed by atoms with Gasteiger partial charge in [-0.1, -0.05) is 6.07 Å². The van der Waals surface area contributed by atoms with Crippen LogP contribution >= 0.6 is 11.3 Å². The number of thiophene rings is 1. The minimum absolute atomic E-state index is 0.396. The van der Waals surface area contributed by atoms with E-state index in [0.29, 0.717) is 6.04 Å². The standard InChI is InChI=1S/C13H16N2S/c1-10-3-4-12(7-14-10)8-15-11(2)13-5-6-16-9-13/h3-7,9,11,15H,8H2,1-2H3. The summed E-state index contributed by atoms with van der Waals surface area (Å²) in [6.45, 7) is 5.05. The molecule has 2 aromatic heterocycles. The zero-order valence-corrected chi connectivity index (χ0v) is 10.4. The maximum atomic E-state index is 4.28. The fourth-order valence-corrected chi connectivity index (χ4v) is 2.27. The first-order valence-corrected chi connectivity index (χ1v) is 6.37. The first kappa shape index (κ1) is 11.3. The predicted molar refractivity (Wildman–Crippen MR) is 68.5 cm³/mol. The van der Waals surface area contributed by atoms with Crippen molar-refractivity contribution in [2.75, 3.05) is 0 Å². The summed E-state index contributed by atoms with van der Waals surface area (Å²) in [5.74, 6) is 0. The lowest BCUT2D eigenvalue weighted by atomic mass is 10.1. The van der Waals surface area contributed by atoms with Crippen molar-refractivity contribution >= 4 is 11.3 Å². The molecule has 1 N–H and O–H groups in total. The molecular formula is C13H16N2S. The largest absolute Gasteiger partial charge is 0.306 e. The van der Waals surface area contributed by atoms with E-state index in [1.807, 2.05) is 19.2 Å². The summed E-state index contributed by atoms with van der Waals surface area (Å²) in [7, 11) is 0. The highest BCUT2D eigenvalue weighted by Crippen LogP contribution is 2.15. The van der Waals surface area contributed by atoms with Crippen LogP contribution in [-0.4, -0.2) is 4.98 Å². The molecule has 0 aliphatic rings. The summed E-state index contributed by atoms with van der Waals surface area (Å²) in [6, 6.07) is 6.73. The van der Waals surface area contributed by atoms with Gasteiger partial charge in [-0.05, 0) is 47.9 Å². The van der Waals surface area contributed by atoms with Crippen LogP contribution in [0.5, 0.6) is 0 Å². The number of aryl methyl sites for hydroxylation is 1. The number of nitrogens with one attached hydrogen (secondary N) is 1. The number of nitrogens with zero attached hydrogens (tertiary/aromatic N) is 1. The van der Waals surface area contributed by atoms with Crippen LogP contribution in [0.4, 0.5) is 0 Å². The van der Waals surface area contributed by atoms with Crippen molar-refractivity contribution in [2.45, 2.75) is 26.4 Å². The predicted octanol–water partition coefficient (Wildman–Crippen LogP) is 3.30. The van der Waals surface area contributed by atoms with Gasteiger partial charge in [-0.15, -0.1) is 0 Å². The van der Waals surface area contributed by atoms with Crippen molar-refractivity contribution < 1.29 is 0 Å². The van der Waals surface area contributed by atoms with E-state index in [9.17, 15) is 0 Å². The van der Waals surface area contributed by atoms with Gasteiger partial charge in [0.2, 0.25) is 0 Å². The lowest BCUT2D eigenvalue weighted by Crippen LogP contribution is -2.17. The SMILES string of the molecule is Cc1ccc(CNC(C)c2ccsc2)cn1. The molecular weight excluding hydrogens is 216 g/mol. The van der Waals surface area contributed by atoms with Crippen molar-refractivity contribution in [2.24, 2.45) is 0 Å². The minimum atomic E-state index is 0.396. The van der Waals surface area contributed by atoms with Gasteiger partial charge >= 0.3 is 0 Å². The van der Waals surface area contributed by atoms with E-state index >= 15 is 0 Å². The number of pyridine rings is 1. The molecule has 2 aromatic rings. The molecule has 0 bridgehead atoms. The molecule has 84 valence electrons. The second-order valence-electron chi connectivity index (χ2n) is 3.97. The van der Waals surface area contributed by atoms with Crippen molar-refractivity contribution in [1.82, 2.24) is 10.3 Å². The molecule has 16 heavy (non-hydrogen) atoms. The Morgan fingerprint density at radius 1 is 1.38 bits per heavy atom. The normalized spacial score (nSPS) is 12.6. The third kappa shape index (κ3) is 2.90. The van der Waals surface area contributed by atoms with Crippen molar-refractivity contribution in [3.63, 3.8) is 0 Å². The number of rotatable bonds is 4. The first-order valence-electron chi connectivity index (χ1n) is 5.43. The minimum Gasteiger partial charge on any atom is -0.306 e. The summed E-state index contributed by atoms with van der Waals surface area (Å²) < 4.78 is 0. The van der Waals surface area contributed by atoms with E-state index in [2.05, 4.69) is 40.1 Å². The topological polar surface area (TPSA) is 24.9 Å². The molecule has 0 saturated carbocycles. The van der Waals surface area contributed by atoms with Crippen LogP contribution in [0.15, 0.2) is 35.2 Å². The monoisotopic (exact) mass is 232 g/mol. The Morgan fingerprint density at radius 2 is 2.25 bits per heavy atom. The summed E-state index contributed by atoms with van der Waals surface area (Å²) in [5, 5.41) is 7.79. The van der Waals surface area contributed by atoms with Gasteiger partial charge in [-0.3, -0.25) is 4.98 Å². The molecule has 1 unspecified atom stereocenters. The number of hydrogen-bond donors (Lipinski definition) is 1. The molecule has 2 heterocycles. The Balaban J connectivity index is 1.90. The molecule has 0 aliphatic heterocycles. The van der Waals surface area contributed by atoms with Crippen molar-refractivity contribution in [3.8, 4) is 0 Å². The van der Waals surface area contributed by atoms with Gasteiger partial charge in [0.05, 0.1) is 0 Å². The molecule has 0 amide bonds. The summed E-state index contributed by atoms with van der Waals surface area (Å²) in [5.41, 5.74) is 3.65. The fraction of sp³-hybridized carbons (Fsp3) is 0.308. The van der Waals surface area contributed by atoms with Crippen LogP contribution in [0.1, 0.15) is 29.8 Å². The van der Waals surface area contributed by atoms with Crippen LogP contribution in [0.2, 0.25) is 0 Å². The molecule has 1 atom stereocenters. The smallest absolute Gasteiger partial charge is 0.0372 e. The molecule has 0 spiro atoms. The molecule has 0 radical (unpaired) electrons. The van der Waals surface area contributed by atoms with E-state index in [1.54, 1.807) is 11.3 Å². The van der Waals surface area contributed by atoms with Gasteiger partial charge in [-0.25, -0.2) is 0 Å². The highest BCUT2D eigenvalue weighted by atomic mass is 32.1. The Hall–Kier alpha value is -1.19.